The highest BCUT2D eigenvalue weighted by Crippen LogP contribution is 2.39. The Bertz CT molecular complexity index is 1280. The van der Waals surface area contributed by atoms with Crippen LogP contribution in [0.25, 0.3) is 11.5 Å². The van der Waals surface area contributed by atoms with Crippen LogP contribution >= 0.6 is 22.9 Å². The minimum Gasteiger partial charge on any atom is -0.462 e. The number of nitrogens with one attached hydrogen (secondary N) is 1. The number of ether oxygens (including phenoxy) is 1. The molecule has 1 aliphatic carbocycles. The highest BCUT2D eigenvalue weighted by atomic mass is 35.5. The predicted molar refractivity (Wildman–Crippen MR) is 118 cm³/mol. The molecule has 2 heterocycles. The minimum atomic E-state index is -4.20. The van der Waals surface area contributed by atoms with Gasteiger partial charge in [-0.15, -0.1) is 16.4 Å². The Morgan fingerprint density at radius 1 is 1.22 bits per heavy atom. The Balaban J connectivity index is 1.51. The molecule has 0 saturated heterocycles. The van der Waals surface area contributed by atoms with Crippen LogP contribution in [0.2, 0.25) is 5.02 Å². The van der Waals surface area contributed by atoms with E-state index in [2.05, 4.69) is 15.5 Å². The number of aromatic nitrogens is 2. The van der Waals surface area contributed by atoms with Gasteiger partial charge in [0.15, 0.2) is 0 Å². The van der Waals surface area contributed by atoms with E-state index < -0.39 is 32.7 Å². The molecule has 32 heavy (non-hydrogen) atoms. The van der Waals surface area contributed by atoms with E-state index in [1.165, 1.54) is 11.3 Å². The molecule has 0 atom stereocenters. The molecule has 4 rings (SSSR count). The van der Waals surface area contributed by atoms with Crippen LogP contribution in [0.1, 0.15) is 34.1 Å². The maximum absolute atomic E-state index is 12.6. The number of carbonyl (C=O) groups is 2. The SMILES string of the molecule is CCOC(=O)c1c(NC(=O)CS(=O)(=O)c2nnc(-c3ccc(Cl)cc3)o2)sc2c1CCC2. The van der Waals surface area contributed by atoms with E-state index in [1.54, 1.807) is 31.2 Å². The predicted octanol–water partition coefficient (Wildman–Crippen LogP) is 3.53. The van der Waals surface area contributed by atoms with Crippen LogP contribution in [0.4, 0.5) is 5.00 Å². The molecule has 1 aliphatic rings. The van der Waals surface area contributed by atoms with Gasteiger partial charge >= 0.3 is 11.2 Å². The third kappa shape index (κ3) is 4.54. The van der Waals surface area contributed by atoms with Crippen molar-refractivity contribution in [3.8, 4) is 11.5 Å². The van der Waals surface area contributed by atoms with E-state index in [1.807, 2.05) is 0 Å². The zero-order chi connectivity index (χ0) is 22.9. The number of nitrogens with zero attached hydrogens (tertiary/aromatic N) is 2. The van der Waals surface area contributed by atoms with Crippen LogP contribution in [0.3, 0.4) is 0 Å². The molecule has 0 radical (unpaired) electrons. The van der Waals surface area contributed by atoms with Crippen LogP contribution in [-0.4, -0.2) is 42.9 Å². The molecule has 0 spiro atoms. The Labute approximate surface area is 192 Å². The summed E-state index contributed by atoms with van der Waals surface area (Å²) in [4.78, 5) is 25.9. The van der Waals surface area contributed by atoms with Crippen molar-refractivity contribution in [2.75, 3.05) is 17.7 Å². The van der Waals surface area contributed by atoms with Gasteiger partial charge < -0.3 is 14.5 Å². The lowest BCUT2D eigenvalue weighted by Crippen LogP contribution is -2.24. The van der Waals surface area contributed by atoms with Crippen molar-refractivity contribution in [3.63, 3.8) is 0 Å². The Morgan fingerprint density at radius 3 is 2.69 bits per heavy atom. The summed E-state index contributed by atoms with van der Waals surface area (Å²) >= 11 is 7.10. The van der Waals surface area contributed by atoms with Gasteiger partial charge in [-0.25, -0.2) is 13.2 Å². The quantitative estimate of drug-likeness (QED) is 0.493. The number of thiophene rings is 1. The number of carbonyl (C=O) groups excluding carboxylic acids is 2. The van der Waals surface area contributed by atoms with Gasteiger partial charge in [0.25, 0.3) is 0 Å². The molecule has 9 nitrogen and oxygen atoms in total. The normalized spacial score (nSPS) is 13.1. The van der Waals surface area contributed by atoms with E-state index in [4.69, 9.17) is 20.8 Å². The van der Waals surface area contributed by atoms with Gasteiger partial charge in [0, 0.05) is 15.5 Å². The maximum atomic E-state index is 12.6. The van der Waals surface area contributed by atoms with Gasteiger partial charge in [0.1, 0.15) is 10.8 Å². The van der Waals surface area contributed by atoms with Crippen LogP contribution in [0.5, 0.6) is 0 Å². The number of fused-ring (bicyclic) bond motifs is 1. The van der Waals surface area contributed by atoms with Gasteiger partial charge in [0.05, 0.1) is 12.2 Å². The number of halogens is 1. The van der Waals surface area contributed by atoms with Crippen molar-refractivity contribution >= 4 is 49.7 Å². The number of rotatable bonds is 7. The van der Waals surface area contributed by atoms with Crippen molar-refractivity contribution in [1.82, 2.24) is 10.2 Å². The molecular weight excluding hydrogens is 478 g/mol. The summed E-state index contributed by atoms with van der Waals surface area (Å²) < 4.78 is 35.6. The molecule has 2 aromatic heterocycles. The van der Waals surface area contributed by atoms with Crippen LogP contribution in [-0.2, 0) is 32.2 Å². The first-order valence-corrected chi connectivity index (χ1v) is 12.6. The molecule has 168 valence electrons. The summed E-state index contributed by atoms with van der Waals surface area (Å²) in [5.74, 6) is -2.28. The fourth-order valence-corrected chi connectivity index (χ4v) is 5.68. The molecule has 1 N–H and O–H groups in total. The van der Waals surface area contributed by atoms with Crippen molar-refractivity contribution in [1.29, 1.82) is 0 Å². The zero-order valence-electron chi connectivity index (χ0n) is 16.9. The second kappa shape index (κ2) is 9.00. The topological polar surface area (TPSA) is 128 Å². The number of benzene rings is 1. The molecule has 0 bridgehead atoms. The summed E-state index contributed by atoms with van der Waals surface area (Å²) in [6, 6.07) is 6.40. The Morgan fingerprint density at radius 2 is 1.97 bits per heavy atom. The van der Waals surface area contributed by atoms with Crippen molar-refractivity contribution < 1.29 is 27.2 Å². The van der Waals surface area contributed by atoms with Crippen molar-refractivity contribution in [2.45, 2.75) is 31.4 Å². The monoisotopic (exact) mass is 495 g/mol. The summed E-state index contributed by atoms with van der Waals surface area (Å²) in [5.41, 5.74) is 1.65. The molecular formula is C20H18ClN3O6S2. The second-order valence-electron chi connectivity index (χ2n) is 6.97. The Kier molecular flexibility index (Phi) is 6.31. The number of amides is 1. The smallest absolute Gasteiger partial charge is 0.341 e. The highest BCUT2D eigenvalue weighted by molar-refractivity contribution is 7.91. The number of sulfone groups is 1. The first kappa shape index (κ1) is 22.4. The average molecular weight is 496 g/mol. The number of hydrogen-bond donors (Lipinski definition) is 1. The van der Waals surface area contributed by atoms with E-state index in [0.29, 0.717) is 27.6 Å². The molecule has 1 aromatic carbocycles. The molecule has 0 aliphatic heterocycles. The maximum Gasteiger partial charge on any atom is 0.341 e. The molecule has 0 unspecified atom stereocenters. The summed E-state index contributed by atoms with van der Waals surface area (Å²) in [7, 11) is -4.20. The molecule has 0 fully saturated rings. The summed E-state index contributed by atoms with van der Waals surface area (Å²) in [5, 5.41) is 9.97. The second-order valence-corrected chi connectivity index (χ2v) is 10.4. The Hall–Kier alpha value is -2.76. The van der Waals surface area contributed by atoms with Gasteiger partial charge in [0.2, 0.25) is 21.6 Å². The van der Waals surface area contributed by atoms with Crippen LogP contribution in [0.15, 0.2) is 33.9 Å². The first-order valence-electron chi connectivity index (χ1n) is 9.72. The third-order valence-corrected chi connectivity index (χ3v) is 7.54. The fourth-order valence-electron chi connectivity index (χ4n) is 3.35. The van der Waals surface area contributed by atoms with Crippen molar-refractivity contribution in [3.05, 3.63) is 45.3 Å². The van der Waals surface area contributed by atoms with E-state index in [0.717, 1.165) is 23.3 Å². The van der Waals surface area contributed by atoms with Crippen LogP contribution in [0, 0.1) is 0 Å². The minimum absolute atomic E-state index is 0.0140. The van der Waals surface area contributed by atoms with Gasteiger partial charge in [-0.05, 0) is 56.0 Å². The average Bonchev–Trinajstić information content (AvgIpc) is 3.44. The standard InChI is InChI=1S/C20H18ClN3O6S2/c1-2-29-19(26)16-13-4-3-5-14(13)31-18(16)22-15(25)10-32(27,28)20-24-23-17(30-20)11-6-8-12(21)9-7-11/h6-9H,2-5,10H2,1H3,(H,22,25). The number of aryl methyl sites for hydroxylation is 1. The van der Waals surface area contributed by atoms with E-state index in [9.17, 15) is 18.0 Å². The van der Waals surface area contributed by atoms with Crippen molar-refractivity contribution in [2.24, 2.45) is 0 Å². The van der Waals surface area contributed by atoms with Crippen LogP contribution < -0.4 is 5.32 Å². The number of hydrogen-bond acceptors (Lipinski definition) is 9. The summed E-state index contributed by atoms with van der Waals surface area (Å²) in [6.07, 6.45) is 2.43. The highest BCUT2D eigenvalue weighted by Gasteiger charge is 2.31. The van der Waals surface area contributed by atoms with E-state index >= 15 is 0 Å². The summed E-state index contributed by atoms with van der Waals surface area (Å²) in [6.45, 7) is 1.89. The number of esters is 1. The lowest BCUT2D eigenvalue weighted by molar-refractivity contribution is -0.113. The fraction of sp³-hybridized carbons (Fsp3) is 0.300. The molecule has 3 aromatic rings. The molecule has 1 amide bonds. The third-order valence-electron chi connectivity index (χ3n) is 4.74. The molecule has 12 heteroatoms. The number of anilines is 1. The first-order chi connectivity index (χ1) is 15.3. The van der Waals surface area contributed by atoms with E-state index in [-0.39, 0.29) is 12.5 Å². The molecule has 0 saturated carbocycles. The zero-order valence-corrected chi connectivity index (χ0v) is 19.3. The van der Waals surface area contributed by atoms with Gasteiger partial charge in [-0.1, -0.05) is 16.7 Å². The van der Waals surface area contributed by atoms with Gasteiger partial charge in [-0.3, -0.25) is 4.79 Å². The lowest BCUT2D eigenvalue weighted by Gasteiger charge is -2.07. The lowest BCUT2D eigenvalue weighted by atomic mass is 10.1. The van der Waals surface area contributed by atoms with Gasteiger partial charge in [-0.2, -0.15) is 0 Å². The largest absolute Gasteiger partial charge is 0.462 e.